The Bertz CT molecular complexity index is 471. The van der Waals surface area contributed by atoms with Crippen molar-refractivity contribution in [1.29, 1.82) is 0 Å². The molecule has 0 unspecified atom stereocenters. The fourth-order valence-electron chi connectivity index (χ4n) is 1.77. The van der Waals surface area contributed by atoms with Crippen LogP contribution in [0.3, 0.4) is 0 Å². The van der Waals surface area contributed by atoms with E-state index < -0.39 is 5.60 Å². The summed E-state index contributed by atoms with van der Waals surface area (Å²) in [6.45, 7) is 6.73. The SMILES string of the molecule is CC(C)(C)OC(=O)N1CCc2nc(Br)ncc2C1. The molecule has 2 heterocycles. The van der Waals surface area contributed by atoms with Crippen LogP contribution in [0.5, 0.6) is 0 Å². The first kappa shape index (κ1) is 13.3. The van der Waals surface area contributed by atoms with Gasteiger partial charge in [-0.2, -0.15) is 0 Å². The lowest BCUT2D eigenvalue weighted by Gasteiger charge is -2.30. The normalized spacial score (nSPS) is 15.2. The minimum atomic E-state index is -0.465. The maximum absolute atomic E-state index is 11.9. The number of hydrogen-bond donors (Lipinski definition) is 0. The smallest absolute Gasteiger partial charge is 0.410 e. The Balaban J connectivity index is 2.08. The van der Waals surface area contributed by atoms with E-state index in [-0.39, 0.29) is 6.09 Å². The first-order valence-electron chi connectivity index (χ1n) is 5.83. The van der Waals surface area contributed by atoms with Crippen molar-refractivity contribution in [2.75, 3.05) is 6.54 Å². The van der Waals surface area contributed by atoms with Crippen molar-refractivity contribution in [3.8, 4) is 0 Å². The number of aromatic nitrogens is 2. The van der Waals surface area contributed by atoms with Crippen molar-refractivity contribution in [3.05, 3.63) is 22.2 Å². The van der Waals surface area contributed by atoms with Crippen molar-refractivity contribution in [2.45, 2.75) is 39.3 Å². The predicted molar refractivity (Wildman–Crippen MR) is 70.1 cm³/mol. The molecule has 0 bridgehead atoms. The molecule has 1 aliphatic rings. The molecule has 0 atom stereocenters. The predicted octanol–water partition coefficient (Wildman–Crippen LogP) is 2.53. The molecule has 5 nitrogen and oxygen atoms in total. The lowest BCUT2D eigenvalue weighted by Crippen LogP contribution is -2.40. The molecule has 1 aromatic heterocycles. The number of ether oxygens (including phenoxy) is 1. The third-order valence-corrected chi connectivity index (χ3v) is 2.94. The van der Waals surface area contributed by atoms with Crippen LogP contribution in [0.4, 0.5) is 4.79 Å². The van der Waals surface area contributed by atoms with Gasteiger partial charge in [-0.1, -0.05) is 0 Å². The van der Waals surface area contributed by atoms with E-state index >= 15 is 0 Å². The van der Waals surface area contributed by atoms with Crippen LogP contribution in [0.15, 0.2) is 10.9 Å². The Kier molecular flexibility index (Phi) is 3.56. The fourth-order valence-corrected chi connectivity index (χ4v) is 2.09. The summed E-state index contributed by atoms with van der Waals surface area (Å²) >= 11 is 3.25. The largest absolute Gasteiger partial charge is 0.444 e. The summed E-state index contributed by atoms with van der Waals surface area (Å²) in [7, 11) is 0. The molecule has 98 valence electrons. The molecule has 1 amide bonds. The van der Waals surface area contributed by atoms with Crippen LogP contribution in [0.25, 0.3) is 0 Å². The molecule has 0 aliphatic carbocycles. The van der Waals surface area contributed by atoms with Crippen molar-refractivity contribution >= 4 is 22.0 Å². The number of hydrogen-bond acceptors (Lipinski definition) is 4. The number of fused-ring (bicyclic) bond motifs is 1. The molecular formula is C12H16BrN3O2. The molecule has 1 aliphatic heterocycles. The van der Waals surface area contributed by atoms with Gasteiger partial charge < -0.3 is 9.64 Å². The zero-order valence-electron chi connectivity index (χ0n) is 10.7. The second-order valence-corrected chi connectivity index (χ2v) is 5.97. The van der Waals surface area contributed by atoms with E-state index in [0.29, 0.717) is 17.8 Å². The average Bonchev–Trinajstić information content (AvgIpc) is 2.26. The molecule has 2 rings (SSSR count). The molecule has 6 heteroatoms. The number of rotatable bonds is 0. The number of carbonyl (C=O) groups is 1. The van der Waals surface area contributed by atoms with E-state index in [1.54, 1.807) is 11.1 Å². The molecule has 0 saturated heterocycles. The molecule has 0 fully saturated rings. The molecule has 0 saturated carbocycles. The average molecular weight is 314 g/mol. The maximum Gasteiger partial charge on any atom is 0.410 e. The Morgan fingerprint density at radius 1 is 1.50 bits per heavy atom. The lowest BCUT2D eigenvalue weighted by molar-refractivity contribution is 0.0222. The number of halogens is 1. The van der Waals surface area contributed by atoms with Gasteiger partial charge in [0.1, 0.15) is 5.60 Å². The maximum atomic E-state index is 11.9. The van der Waals surface area contributed by atoms with Gasteiger partial charge in [-0.05, 0) is 36.7 Å². The Morgan fingerprint density at radius 3 is 2.89 bits per heavy atom. The van der Waals surface area contributed by atoms with E-state index in [0.717, 1.165) is 17.7 Å². The Morgan fingerprint density at radius 2 is 2.22 bits per heavy atom. The molecular weight excluding hydrogens is 298 g/mol. The van der Waals surface area contributed by atoms with Crippen LogP contribution < -0.4 is 0 Å². The lowest BCUT2D eigenvalue weighted by atomic mass is 10.1. The van der Waals surface area contributed by atoms with Crippen LogP contribution in [-0.4, -0.2) is 33.1 Å². The van der Waals surface area contributed by atoms with E-state index in [9.17, 15) is 4.79 Å². The second-order valence-electron chi connectivity index (χ2n) is 5.26. The van der Waals surface area contributed by atoms with Gasteiger partial charge in [0.05, 0.1) is 12.2 Å². The van der Waals surface area contributed by atoms with E-state index in [1.807, 2.05) is 20.8 Å². The zero-order valence-corrected chi connectivity index (χ0v) is 12.3. The van der Waals surface area contributed by atoms with Crippen LogP contribution in [-0.2, 0) is 17.7 Å². The molecule has 0 aromatic carbocycles. The molecule has 0 spiro atoms. The van der Waals surface area contributed by atoms with Crippen LogP contribution in [0.2, 0.25) is 0 Å². The van der Waals surface area contributed by atoms with Crippen molar-refractivity contribution in [1.82, 2.24) is 14.9 Å². The summed E-state index contributed by atoms with van der Waals surface area (Å²) in [5.74, 6) is 0. The summed E-state index contributed by atoms with van der Waals surface area (Å²) in [6, 6.07) is 0. The first-order valence-corrected chi connectivity index (χ1v) is 6.63. The molecule has 1 aromatic rings. The summed E-state index contributed by atoms with van der Waals surface area (Å²) in [6.07, 6.45) is 2.20. The monoisotopic (exact) mass is 313 g/mol. The number of carbonyl (C=O) groups excluding carboxylic acids is 1. The quantitative estimate of drug-likeness (QED) is 0.691. The summed E-state index contributed by atoms with van der Waals surface area (Å²) in [4.78, 5) is 22.0. The summed E-state index contributed by atoms with van der Waals surface area (Å²) in [5.41, 5.74) is 1.51. The number of amides is 1. The van der Waals surface area contributed by atoms with Crippen molar-refractivity contribution < 1.29 is 9.53 Å². The fraction of sp³-hybridized carbons (Fsp3) is 0.583. The highest BCUT2D eigenvalue weighted by molar-refractivity contribution is 9.10. The van der Waals surface area contributed by atoms with E-state index in [4.69, 9.17) is 4.74 Å². The first-order chi connectivity index (χ1) is 8.35. The van der Waals surface area contributed by atoms with Gasteiger partial charge >= 0.3 is 6.09 Å². The highest BCUT2D eigenvalue weighted by atomic mass is 79.9. The number of nitrogens with zero attached hydrogens (tertiary/aromatic N) is 3. The van der Waals surface area contributed by atoms with Crippen LogP contribution in [0.1, 0.15) is 32.0 Å². The van der Waals surface area contributed by atoms with Crippen LogP contribution in [0, 0.1) is 0 Å². The minimum absolute atomic E-state index is 0.281. The van der Waals surface area contributed by atoms with Gasteiger partial charge in [-0.15, -0.1) is 0 Å². The van der Waals surface area contributed by atoms with Gasteiger partial charge in [-0.3, -0.25) is 0 Å². The topological polar surface area (TPSA) is 55.3 Å². The van der Waals surface area contributed by atoms with E-state index in [2.05, 4.69) is 25.9 Å². The zero-order chi connectivity index (χ0) is 13.3. The van der Waals surface area contributed by atoms with Gasteiger partial charge in [0, 0.05) is 24.7 Å². The van der Waals surface area contributed by atoms with Crippen LogP contribution >= 0.6 is 15.9 Å². The van der Waals surface area contributed by atoms with Gasteiger partial charge in [0.15, 0.2) is 4.73 Å². The molecule has 18 heavy (non-hydrogen) atoms. The summed E-state index contributed by atoms with van der Waals surface area (Å²) in [5, 5.41) is 0. The highest BCUT2D eigenvalue weighted by Gasteiger charge is 2.26. The second kappa shape index (κ2) is 4.84. The Hall–Kier alpha value is -1.17. The van der Waals surface area contributed by atoms with Gasteiger partial charge in [-0.25, -0.2) is 14.8 Å². The minimum Gasteiger partial charge on any atom is -0.444 e. The molecule has 0 radical (unpaired) electrons. The Labute approximate surface area is 115 Å². The molecule has 0 N–H and O–H groups in total. The third kappa shape index (κ3) is 3.19. The van der Waals surface area contributed by atoms with Crippen molar-refractivity contribution in [2.24, 2.45) is 0 Å². The van der Waals surface area contributed by atoms with E-state index in [1.165, 1.54) is 0 Å². The van der Waals surface area contributed by atoms with Gasteiger partial charge in [0.2, 0.25) is 0 Å². The van der Waals surface area contributed by atoms with Crippen molar-refractivity contribution in [3.63, 3.8) is 0 Å². The standard InChI is InChI=1S/C12H16BrN3O2/c1-12(2,3)18-11(17)16-5-4-9-8(7-16)6-14-10(13)15-9/h6H,4-5,7H2,1-3H3. The summed E-state index contributed by atoms with van der Waals surface area (Å²) < 4.78 is 5.94. The third-order valence-electron chi connectivity index (χ3n) is 2.56. The van der Waals surface area contributed by atoms with Gasteiger partial charge in [0.25, 0.3) is 0 Å². The highest BCUT2D eigenvalue weighted by Crippen LogP contribution is 2.20.